The smallest absolute Gasteiger partial charge is 0.220 e. The van der Waals surface area contributed by atoms with Crippen molar-refractivity contribution in [1.82, 2.24) is 5.32 Å². The lowest BCUT2D eigenvalue weighted by molar-refractivity contribution is -0.124. The summed E-state index contributed by atoms with van der Waals surface area (Å²) in [7, 11) is 0. The lowest BCUT2D eigenvalue weighted by Crippen LogP contribution is -2.37. The first-order valence-electron chi connectivity index (χ1n) is 6.71. The number of hydrogen-bond acceptors (Lipinski definition) is 2. The van der Waals surface area contributed by atoms with Gasteiger partial charge in [-0.3, -0.25) is 4.79 Å². The summed E-state index contributed by atoms with van der Waals surface area (Å²) < 4.78 is 5.49. The van der Waals surface area contributed by atoms with E-state index in [1.165, 1.54) is 12.8 Å². The highest BCUT2D eigenvalue weighted by atomic mass is 79.9. The van der Waals surface area contributed by atoms with Crippen LogP contribution in [-0.4, -0.2) is 30.0 Å². The van der Waals surface area contributed by atoms with E-state index in [9.17, 15) is 4.79 Å². The Morgan fingerprint density at radius 3 is 2.76 bits per heavy atom. The minimum Gasteiger partial charge on any atom is -0.378 e. The van der Waals surface area contributed by atoms with Gasteiger partial charge in [0.2, 0.25) is 5.91 Å². The van der Waals surface area contributed by atoms with Crippen molar-refractivity contribution < 1.29 is 9.53 Å². The standard InChI is InChI=1S/C13H22BrNO2/c1-2-17-11-5-9(6-11)7-13(16)15-8-12(14)10-3-4-10/h9-12H,2-8H2,1H3,(H,15,16). The molecule has 1 N–H and O–H groups in total. The molecule has 1 amide bonds. The third-order valence-electron chi connectivity index (χ3n) is 3.70. The number of carbonyl (C=O) groups excluding carboxylic acids is 1. The molecule has 2 aliphatic carbocycles. The molecular weight excluding hydrogens is 282 g/mol. The van der Waals surface area contributed by atoms with Crippen molar-refractivity contribution in [2.45, 2.75) is 50.0 Å². The van der Waals surface area contributed by atoms with Gasteiger partial charge < -0.3 is 10.1 Å². The maximum atomic E-state index is 11.7. The maximum absolute atomic E-state index is 11.7. The number of carbonyl (C=O) groups is 1. The van der Waals surface area contributed by atoms with E-state index in [0.29, 0.717) is 23.3 Å². The molecule has 2 fully saturated rings. The zero-order valence-corrected chi connectivity index (χ0v) is 12.0. The van der Waals surface area contributed by atoms with E-state index in [-0.39, 0.29) is 5.91 Å². The van der Waals surface area contributed by atoms with E-state index < -0.39 is 0 Å². The van der Waals surface area contributed by atoms with Crippen molar-refractivity contribution in [3.8, 4) is 0 Å². The summed E-state index contributed by atoms with van der Waals surface area (Å²) >= 11 is 3.63. The molecule has 0 aromatic carbocycles. The normalized spacial score (nSPS) is 29.5. The molecule has 0 aromatic heterocycles. The predicted octanol–water partition coefficient (Wildman–Crippen LogP) is 2.48. The fourth-order valence-electron chi connectivity index (χ4n) is 2.38. The zero-order valence-electron chi connectivity index (χ0n) is 10.5. The van der Waals surface area contributed by atoms with Gasteiger partial charge in [0.15, 0.2) is 0 Å². The molecule has 0 radical (unpaired) electrons. The Morgan fingerprint density at radius 1 is 1.47 bits per heavy atom. The second kappa shape index (κ2) is 6.19. The number of halogens is 1. The van der Waals surface area contributed by atoms with Crippen molar-refractivity contribution in [3.63, 3.8) is 0 Å². The van der Waals surface area contributed by atoms with Gasteiger partial charge in [0.05, 0.1) is 6.10 Å². The molecule has 2 saturated carbocycles. The first-order chi connectivity index (χ1) is 8.19. The van der Waals surface area contributed by atoms with Crippen LogP contribution in [0.4, 0.5) is 0 Å². The quantitative estimate of drug-likeness (QED) is 0.734. The molecular formula is C13H22BrNO2. The molecule has 98 valence electrons. The average Bonchev–Trinajstić information content (AvgIpc) is 3.06. The van der Waals surface area contributed by atoms with Crippen LogP contribution in [-0.2, 0) is 9.53 Å². The third-order valence-corrected chi connectivity index (χ3v) is 4.77. The van der Waals surface area contributed by atoms with Gasteiger partial charge in [-0.15, -0.1) is 0 Å². The number of amides is 1. The van der Waals surface area contributed by atoms with Crippen LogP contribution in [0.3, 0.4) is 0 Å². The molecule has 0 bridgehead atoms. The van der Waals surface area contributed by atoms with Crippen LogP contribution in [0.1, 0.15) is 39.0 Å². The van der Waals surface area contributed by atoms with Crippen molar-refractivity contribution in [2.24, 2.45) is 11.8 Å². The van der Waals surface area contributed by atoms with Crippen LogP contribution in [0.2, 0.25) is 0 Å². The highest BCUT2D eigenvalue weighted by Crippen LogP contribution is 2.36. The number of hydrogen-bond donors (Lipinski definition) is 1. The Hall–Kier alpha value is -0.0900. The summed E-state index contributed by atoms with van der Waals surface area (Å²) in [6.07, 6.45) is 5.82. The molecule has 0 aromatic rings. The Kier molecular flexibility index (Phi) is 4.86. The number of nitrogens with one attached hydrogen (secondary N) is 1. The predicted molar refractivity (Wildman–Crippen MR) is 71.2 cm³/mol. The van der Waals surface area contributed by atoms with Gasteiger partial charge in [-0.05, 0) is 44.4 Å². The second-order valence-corrected chi connectivity index (χ2v) is 6.45. The van der Waals surface area contributed by atoms with Gasteiger partial charge in [0.1, 0.15) is 0 Å². The molecule has 0 heterocycles. The van der Waals surface area contributed by atoms with Gasteiger partial charge in [0.25, 0.3) is 0 Å². The first kappa shape index (κ1) is 13.3. The van der Waals surface area contributed by atoms with E-state index in [1.807, 2.05) is 6.92 Å². The minimum absolute atomic E-state index is 0.204. The molecule has 1 unspecified atom stereocenters. The average molecular weight is 304 g/mol. The summed E-state index contributed by atoms with van der Waals surface area (Å²) in [5.41, 5.74) is 0. The summed E-state index contributed by atoms with van der Waals surface area (Å²) in [5, 5.41) is 3.02. The van der Waals surface area contributed by atoms with Crippen LogP contribution in [0.25, 0.3) is 0 Å². The number of ether oxygens (including phenoxy) is 1. The minimum atomic E-state index is 0.204. The van der Waals surface area contributed by atoms with Crippen LogP contribution >= 0.6 is 15.9 Å². The van der Waals surface area contributed by atoms with Crippen molar-refractivity contribution >= 4 is 21.8 Å². The molecule has 0 aliphatic heterocycles. The van der Waals surface area contributed by atoms with Gasteiger partial charge in [0, 0.05) is 24.4 Å². The van der Waals surface area contributed by atoms with Gasteiger partial charge >= 0.3 is 0 Å². The molecule has 2 aliphatic rings. The van der Waals surface area contributed by atoms with E-state index in [0.717, 1.165) is 31.9 Å². The summed E-state index contributed by atoms with van der Waals surface area (Å²) in [5.74, 6) is 1.54. The number of rotatable bonds is 7. The summed E-state index contributed by atoms with van der Waals surface area (Å²) in [6, 6.07) is 0. The SMILES string of the molecule is CCOC1CC(CC(=O)NCC(Br)C2CC2)C1. The van der Waals surface area contributed by atoms with Crippen LogP contribution < -0.4 is 5.32 Å². The molecule has 1 atom stereocenters. The molecule has 4 heteroatoms. The van der Waals surface area contributed by atoms with E-state index in [4.69, 9.17) is 4.74 Å². The lowest BCUT2D eigenvalue weighted by Gasteiger charge is -2.34. The number of alkyl halides is 1. The van der Waals surface area contributed by atoms with Gasteiger partial charge in [-0.25, -0.2) is 0 Å². The molecule has 0 spiro atoms. The fraction of sp³-hybridized carbons (Fsp3) is 0.923. The molecule has 0 saturated heterocycles. The fourth-order valence-corrected chi connectivity index (χ4v) is 3.07. The van der Waals surface area contributed by atoms with Gasteiger partial charge in [-0.1, -0.05) is 15.9 Å². The van der Waals surface area contributed by atoms with Crippen LogP contribution in [0, 0.1) is 11.8 Å². The molecule has 3 nitrogen and oxygen atoms in total. The Morgan fingerprint density at radius 2 is 2.18 bits per heavy atom. The van der Waals surface area contributed by atoms with E-state index >= 15 is 0 Å². The lowest BCUT2D eigenvalue weighted by atomic mass is 9.80. The second-order valence-electron chi connectivity index (χ2n) is 5.28. The van der Waals surface area contributed by atoms with E-state index in [1.54, 1.807) is 0 Å². The molecule has 17 heavy (non-hydrogen) atoms. The summed E-state index contributed by atoms with van der Waals surface area (Å²) in [6.45, 7) is 3.59. The van der Waals surface area contributed by atoms with Gasteiger partial charge in [-0.2, -0.15) is 0 Å². The monoisotopic (exact) mass is 303 g/mol. The van der Waals surface area contributed by atoms with E-state index in [2.05, 4.69) is 21.2 Å². The highest BCUT2D eigenvalue weighted by Gasteiger charge is 2.32. The zero-order chi connectivity index (χ0) is 12.3. The van der Waals surface area contributed by atoms with Crippen molar-refractivity contribution in [1.29, 1.82) is 0 Å². The molecule has 2 rings (SSSR count). The van der Waals surface area contributed by atoms with Crippen LogP contribution in [0.5, 0.6) is 0 Å². The Balaban J connectivity index is 1.52. The topological polar surface area (TPSA) is 38.3 Å². The maximum Gasteiger partial charge on any atom is 0.220 e. The first-order valence-corrected chi connectivity index (χ1v) is 7.63. The Labute approximate surface area is 112 Å². The largest absolute Gasteiger partial charge is 0.378 e. The van der Waals surface area contributed by atoms with Crippen molar-refractivity contribution in [3.05, 3.63) is 0 Å². The van der Waals surface area contributed by atoms with Crippen molar-refractivity contribution in [2.75, 3.05) is 13.2 Å². The van der Waals surface area contributed by atoms with Crippen LogP contribution in [0.15, 0.2) is 0 Å². The Bertz CT molecular complexity index is 262. The summed E-state index contributed by atoms with van der Waals surface area (Å²) in [4.78, 5) is 12.2. The third kappa shape index (κ3) is 4.25. The highest BCUT2D eigenvalue weighted by molar-refractivity contribution is 9.09.